The Morgan fingerprint density at radius 3 is 2.73 bits per heavy atom. The second-order valence-electron chi connectivity index (χ2n) is 3.25. The molecule has 0 aliphatic heterocycles. The van der Waals surface area contributed by atoms with Gasteiger partial charge in [0, 0.05) is 0 Å². The highest BCUT2D eigenvalue weighted by molar-refractivity contribution is 5.55. The maximum Gasteiger partial charge on any atom is 0.123 e. The summed E-state index contributed by atoms with van der Waals surface area (Å²) < 4.78 is 5.59. The molecule has 0 aliphatic rings. The lowest BCUT2D eigenvalue weighted by molar-refractivity contribution is 0.337. The van der Waals surface area contributed by atoms with E-state index in [0.29, 0.717) is 6.61 Å². The molecule has 0 saturated carbocycles. The molecule has 15 heavy (non-hydrogen) atoms. The summed E-state index contributed by atoms with van der Waals surface area (Å²) in [6, 6.07) is 6.29. The van der Waals surface area contributed by atoms with Crippen LogP contribution < -0.4 is 4.74 Å². The largest absolute Gasteiger partial charge is 0.494 e. The highest BCUT2D eigenvalue weighted by Gasteiger charge is 2.01. The van der Waals surface area contributed by atoms with E-state index in [0.717, 1.165) is 17.7 Å². The molecule has 80 valence electrons. The summed E-state index contributed by atoms with van der Waals surface area (Å²) in [6.07, 6.45) is 6.72. The monoisotopic (exact) mass is 202 g/mol. The van der Waals surface area contributed by atoms with Gasteiger partial charge in [-0.1, -0.05) is 43.9 Å². The van der Waals surface area contributed by atoms with Gasteiger partial charge in [-0.15, -0.1) is 0 Å². The quantitative estimate of drug-likeness (QED) is 0.659. The summed E-state index contributed by atoms with van der Waals surface area (Å²) in [4.78, 5) is 0. The van der Waals surface area contributed by atoms with Gasteiger partial charge in [0.1, 0.15) is 5.75 Å². The van der Waals surface area contributed by atoms with Crippen LogP contribution in [0.25, 0.3) is 6.08 Å². The van der Waals surface area contributed by atoms with Crippen LogP contribution in [0.2, 0.25) is 0 Å². The number of benzene rings is 1. The fraction of sp³-hybridized carbons (Fsp3) is 0.286. The molecule has 0 aromatic heterocycles. The first-order valence-corrected chi connectivity index (χ1v) is 5.36. The second kappa shape index (κ2) is 6.07. The minimum atomic E-state index is 0.710. The van der Waals surface area contributed by atoms with Gasteiger partial charge in [0.15, 0.2) is 0 Å². The third-order valence-corrected chi connectivity index (χ3v) is 2.20. The maximum absolute atomic E-state index is 5.59. The van der Waals surface area contributed by atoms with Crippen molar-refractivity contribution in [1.82, 2.24) is 0 Å². The Labute approximate surface area is 92.1 Å². The molecule has 0 N–H and O–H groups in total. The van der Waals surface area contributed by atoms with Crippen LogP contribution in [-0.4, -0.2) is 6.61 Å². The molecule has 0 saturated heterocycles. The van der Waals surface area contributed by atoms with E-state index < -0.39 is 0 Å². The maximum atomic E-state index is 5.59. The van der Waals surface area contributed by atoms with E-state index in [9.17, 15) is 0 Å². The van der Waals surface area contributed by atoms with Crippen molar-refractivity contribution in [2.24, 2.45) is 0 Å². The molecular formula is C14H18O. The molecule has 1 aromatic rings. The number of allylic oxidation sites excluding steroid dienone is 2. The highest BCUT2D eigenvalue weighted by atomic mass is 16.5. The van der Waals surface area contributed by atoms with Gasteiger partial charge in [0.05, 0.1) is 6.61 Å². The first-order valence-electron chi connectivity index (χ1n) is 5.36. The molecule has 0 spiro atoms. The van der Waals surface area contributed by atoms with Crippen LogP contribution in [0, 0.1) is 0 Å². The van der Waals surface area contributed by atoms with Gasteiger partial charge in [-0.25, -0.2) is 0 Å². The fourth-order valence-electron chi connectivity index (χ4n) is 1.44. The first kappa shape index (κ1) is 11.6. The molecule has 1 heteroatoms. The van der Waals surface area contributed by atoms with Crippen molar-refractivity contribution < 1.29 is 4.74 Å². The Bertz CT molecular complexity index is 350. The van der Waals surface area contributed by atoms with Crippen molar-refractivity contribution in [1.29, 1.82) is 0 Å². The number of aryl methyl sites for hydroxylation is 1. The first-order chi connectivity index (χ1) is 7.31. The van der Waals surface area contributed by atoms with E-state index in [2.05, 4.69) is 31.7 Å². The van der Waals surface area contributed by atoms with E-state index >= 15 is 0 Å². The van der Waals surface area contributed by atoms with Crippen molar-refractivity contribution >= 4 is 6.08 Å². The Kier molecular flexibility index (Phi) is 4.69. The lowest BCUT2D eigenvalue weighted by Gasteiger charge is -2.09. The number of hydrogen-bond donors (Lipinski definition) is 0. The summed E-state index contributed by atoms with van der Waals surface area (Å²) in [6.45, 7) is 8.50. The minimum Gasteiger partial charge on any atom is -0.494 e. The van der Waals surface area contributed by atoms with Gasteiger partial charge < -0.3 is 4.74 Å². The van der Waals surface area contributed by atoms with Crippen LogP contribution >= 0.6 is 0 Å². The summed E-state index contributed by atoms with van der Waals surface area (Å²) in [5.74, 6) is 0.992. The molecule has 0 amide bonds. The van der Waals surface area contributed by atoms with E-state index in [1.54, 1.807) is 6.08 Å². The molecule has 0 atom stereocenters. The average molecular weight is 202 g/mol. The molecule has 0 unspecified atom stereocenters. The lowest BCUT2D eigenvalue weighted by atomic mass is 10.1. The zero-order valence-electron chi connectivity index (χ0n) is 9.49. The summed E-state index contributed by atoms with van der Waals surface area (Å²) in [5, 5.41) is 0. The van der Waals surface area contributed by atoms with Crippen LogP contribution in [-0.2, 0) is 6.42 Å². The molecule has 0 aliphatic carbocycles. The predicted molar refractivity (Wildman–Crippen MR) is 66.2 cm³/mol. The van der Waals surface area contributed by atoms with E-state index in [1.165, 1.54) is 5.56 Å². The van der Waals surface area contributed by atoms with E-state index in [-0.39, 0.29) is 0 Å². The van der Waals surface area contributed by atoms with Crippen molar-refractivity contribution in [3.05, 3.63) is 48.1 Å². The smallest absolute Gasteiger partial charge is 0.123 e. The Balaban J connectivity index is 2.98. The Hall–Kier alpha value is -1.50. The Morgan fingerprint density at radius 1 is 1.33 bits per heavy atom. The average Bonchev–Trinajstić information content (AvgIpc) is 2.27. The molecule has 1 nitrogen and oxygen atoms in total. The standard InChI is InChI=1S/C14H18O/c1-4-7-8-12-9-10-13(5-2)14(11-12)15-6-3/h4,7-11H,1,5-6H2,2-3H3/b8-7+. The molecular weight excluding hydrogens is 184 g/mol. The second-order valence-corrected chi connectivity index (χ2v) is 3.25. The van der Waals surface area contributed by atoms with Crippen molar-refractivity contribution in [2.45, 2.75) is 20.3 Å². The zero-order valence-corrected chi connectivity index (χ0v) is 9.49. The molecule has 0 bridgehead atoms. The van der Waals surface area contributed by atoms with Gasteiger partial charge >= 0.3 is 0 Å². The van der Waals surface area contributed by atoms with E-state index in [1.807, 2.05) is 19.1 Å². The lowest BCUT2D eigenvalue weighted by Crippen LogP contribution is -1.96. The van der Waals surface area contributed by atoms with Gasteiger partial charge in [-0.05, 0) is 30.5 Å². The summed E-state index contributed by atoms with van der Waals surface area (Å²) in [7, 11) is 0. The number of rotatable bonds is 5. The third kappa shape index (κ3) is 3.28. The van der Waals surface area contributed by atoms with E-state index in [4.69, 9.17) is 4.74 Å². The minimum absolute atomic E-state index is 0.710. The van der Waals surface area contributed by atoms with Gasteiger partial charge in [-0.3, -0.25) is 0 Å². The van der Waals surface area contributed by atoms with Crippen LogP contribution in [0.1, 0.15) is 25.0 Å². The number of hydrogen-bond acceptors (Lipinski definition) is 1. The fourth-order valence-corrected chi connectivity index (χ4v) is 1.44. The topological polar surface area (TPSA) is 9.23 Å². The normalized spacial score (nSPS) is 10.5. The van der Waals surface area contributed by atoms with Crippen LogP contribution in [0.3, 0.4) is 0 Å². The van der Waals surface area contributed by atoms with Crippen LogP contribution in [0.5, 0.6) is 5.75 Å². The Morgan fingerprint density at radius 2 is 2.13 bits per heavy atom. The van der Waals surface area contributed by atoms with Crippen molar-refractivity contribution in [3.63, 3.8) is 0 Å². The highest BCUT2D eigenvalue weighted by Crippen LogP contribution is 2.21. The van der Waals surface area contributed by atoms with Gasteiger partial charge in [-0.2, -0.15) is 0 Å². The molecule has 0 radical (unpaired) electrons. The predicted octanol–water partition coefficient (Wildman–Crippen LogP) is 3.85. The van der Waals surface area contributed by atoms with Crippen molar-refractivity contribution in [3.8, 4) is 5.75 Å². The molecule has 1 rings (SSSR count). The van der Waals surface area contributed by atoms with Gasteiger partial charge in [0.25, 0.3) is 0 Å². The van der Waals surface area contributed by atoms with Crippen LogP contribution in [0.15, 0.2) is 36.9 Å². The van der Waals surface area contributed by atoms with Gasteiger partial charge in [0.2, 0.25) is 0 Å². The summed E-state index contributed by atoms with van der Waals surface area (Å²) in [5.41, 5.74) is 2.41. The third-order valence-electron chi connectivity index (χ3n) is 2.20. The molecule has 0 heterocycles. The zero-order chi connectivity index (χ0) is 11.1. The van der Waals surface area contributed by atoms with Crippen molar-refractivity contribution in [2.75, 3.05) is 6.61 Å². The number of ether oxygens (including phenoxy) is 1. The SMILES string of the molecule is C=C/C=C/c1ccc(CC)c(OCC)c1. The molecule has 0 fully saturated rings. The molecule has 1 aromatic carbocycles. The summed E-state index contributed by atoms with van der Waals surface area (Å²) >= 11 is 0. The van der Waals surface area contributed by atoms with Crippen LogP contribution in [0.4, 0.5) is 0 Å².